The predicted octanol–water partition coefficient (Wildman–Crippen LogP) is 17.0. The van der Waals surface area contributed by atoms with Gasteiger partial charge in [-0.3, -0.25) is 0 Å². The van der Waals surface area contributed by atoms with Crippen molar-refractivity contribution >= 4 is 43.6 Å². The summed E-state index contributed by atoms with van der Waals surface area (Å²) >= 11 is 0. The van der Waals surface area contributed by atoms with Gasteiger partial charge >= 0.3 is 6.18 Å². The minimum Gasteiger partial charge on any atom is -0.309 e. The molecule has 2 heterocycles. The Kier molecular flexibility index (Phi) is 9.79. The van der Waals surface area contributed by atoms with Crippen molar-refractivity contribution in [2.75, 3.05) is 0 Å². The first-order valence-corrected chi connectivity index (χ1v) is 22.4. The minimum atomic E-state index is -4.58. The van der Waals surface area contributed by atoms with Crippen molar-refractivity contribution in [3.63, 3.8) is 0 Å². The summed E-state index contributed by atoms with van der Waals surface area (Å²) in [7, 11) is 0. The first kappa shape index (κ1) is 41.6. The van der Waals surface area contributed by atoms with Crippen LogP contribution in [0, 0.1) is 45.9 Å². The Bertz CT molecular complexity index is 3830. The molecule has 0 radical (unpaired) electrons. The number of nitriles is 1. The monoisotopic (exact) mass is 875 g/mol. The van der Waals surface area contributed by atoms with Gasteiger partial charge in [-0.1, -0.05) is 138 Å². The van der Waals surface area contributed by atoms with E-state index in [9.17, 15) is 18.4 Å². The van der Waals surface area contributed by atoms with Gasteiger partial charge in [0.05, 0.1) is 50.6 Å². The maximum Gasteiger partial charge on any atom is 0.417 e. The standard InChI is InChI=1S/C61H44F3N3/c1-36-25-37(2)28-45(27-36)42-19-23-56-51(32-42)47-12-6-8-15-54(47)66(56)58-31-41(35-65)17-21-49(58)50-22-18-44(60-40(5)11-10-14-53(60)61(62,63)64)34-59(50)67-55-16-9-7-13-48(55)52-33-43(20-24-57(52)67)46-29-38(3)26-39(4)30-46/h6-34H,1-5H3. The van der Waals surface area contributed by atoms with Crippen LogP contribution in [-0.4, -0.2) is 9.13 Å². The van der Waals surface area contributed by atoms with Gasteiger partial charge in [-0.15, -0.1) is 0 Å². The lowest BCUT2D eigenvalue weighted by Gasteiger charge is -2.21. The van der Waals surface area contributed by atoms with Gasteiger partial charge in [0.25, 0.3) is 0 Å². The molecule has 0 saturated carbocycles. The van der Waals surface area contributed by atoms with Crippen LogP contribution in [0.3, 0.4) is 0 Å². The van der Waals surface area contributed by atoms with Crippen molar-refractivity contribution in [2.24, 2.45) is 0 Å². The third-order valence-electron chi connectivity index (χ3n) is 13.2. The first-order valence-electron chi connectivity index (χ1n) is 22.4. The van der Waals surface area contributed by atoms with Crippen molar-refractivity contribution in [3.05, 3.63) is 215 Å². The number of aromatic nitrogens is 2. The second-order valence-corrected chi connectivity index (χ2v) is 18.0. The molecular weight excluding hydrogens is 832 g/mol. The molecule has 3 nitrogen and oxygen atoms in total. The molecule has 324 valence electrons. The summed E-state index contributed by atoms with van der Waals surface area (Å²) in [6.45, 7) is 10.2. The van der Waals surface area contributed by atoms with E-state index in [2.05, 4.69) is 140 Å². The van der Waals surface area contributed by atoms with Crippen molar-refractivity contribution in [1.29, 1.82) is 5.26 Å². The van der Waals surface area contributed by atoms with Crippen molar-refractivity contribution in [2.45, 2.75) is 40.8 Å². The molecule has 6 heteroatoms. The molecule has 0 spiro atoms. The number of para-hydroxylation sites is 2. The second kappa shape index (κ2) is 15.8. The number of hydrogen-bond acceptors (Lipinski definition) is 1. The van der Waals surface area contributed by atoms with Crippen molar-refractivity contribution < 1.29 is 13.2 Å². The molecule has 0 unspecified atom stereocenters. The van der Waals surface area contributed by atoms with Crippen LogP contribution in [0.1, 0.15) is 38.9 Å². The lowest BCUT2D eigenvalue weighted by atomic mass is 9.91. The van der Waals surface area contributed by atoms with Crippen LogP contribution in [-0.2, 0) is 6.18 Å². The smallest absolute Gasteiger partial charge is 0.309 e. The summed E-state index contributed by atoms with van der Waals surface area (Å²) in [6, 6.07) is 61.0. The van der Waals surface area contributed by atoms with E-state index in [1.54, 1.807) is 13.0 Å². The summed E-state index contributed by atoms with van der Waals surface area (Å²) in [5.74, 6) is 0. The van der Waals surface area contributed by atoms with Crippen LogP contribution >= 0.6 is 0 Å². The molecule has 0 bridgehead atoms. The third kappa shape index (κ3) is 7.06. The molecule has 0 atom stereocenters. The van der Waals surface area contributed by atoms with Gasteiger partial charge < -0.3 is 9.13 Å². The number of rotatable bonds is 6. The number of alkyl halides is 3. The highest BCUT2D eigenvalue weighted by Crippen LogP contribution is 2.46. The minimum absolute atomic E-state index is 0.141. The number of aryl methyl sites for hydroxylation is 5. The highest BCUT2D eigenvalue weighted by atomic mass is 19.4. The Morgan fingerprint density at radius 1 is 0.403 bits per heavy atom. The first-order chi connectivity index (χ1) is 32.3. The van der Waals surface area contributed by atoms with E-state index in [1.165, 1.54) is 28.3 Å². The molecule has 0 saturated heterocycles. The third-order valence-corrected chi connectivity index (χ3v) is 13.2. The van der Waals surface area contributed by atoms with Crippen LogP contribution in [0.5, 0.6) is 0 Å². The Labute approximate surface area is 387 Å². The van der Waals surface area contributed by atoms with E-state index in [1.807, 2.05) is 60.7 Å². The summed E-state index contributed by atoms with van der Waals surface area (Å²) in [4.78, 5) is 0. The molecule has 9 aromatic carbocycles. The number of benzene rings is 9. The molecular formula is C61H44F3N3. The number of fused-ring (bicyclic) bond motifs is 6. The molecule has 2 aromatic heterocycles. The Morgan fingerprint density at radius 2 is 0.866 bits per heavy atom. The van der Waals surface area contributed by atoms with Crippen molar-refractivity contribution in [3.8, 4) is 62.0 Å². The molecule has 0 aliphatic carbocycles. The van der Waals surface area contributed by atoms with Crippen molar-refractivity contribution in [1.82, 2.24) is 9.13 Å². The SMILES string of the molecule is Cc1cc(C)cc(-c2ccc3c(c2)c2ccccc2n3-c2cc(C#N)ccc2-c2ccc(-c3c(C)cccc3C(F)(F)F)cc2-n2c3ccccc3c3cc(-c4cc(C)cc(C)c4)ccc32)c1. The Balaban J connectivity index is 1.22. The molecule has 67 heavy (non-hydrogen) atoms. The molecule has 0 fully saturated rings. The highest BCUT2D eigenvalue weighted by Gasteiger charge is 2.34. The van der Waals surface area contributed by atoms with E-state index < -0.39 is 11.7 Å². The maximum absolute atomic E-state index is 14.9. The zero-order chi connectivity index (χ0) is 46.3. The fourth-order valence-electron chi connectivity index (χ4n) is 10.5. The van der Waals surface area contributed by atoms with Gasteiger partial charge in [0.15, 0.2) is 0 Å². The Hall–Kier alpha value is -8.14. The van der Waals surface area contributed by atoms with Gasteiger partial charge in [0, 0.05) is 32.7 Å². The molecule has 11 rings (SSSR count). The molecule has 0 aliphatic rings. The summed E-state index contributed by atoms with van der Waals surface area (Å²) in [5.41, 5.74) is 17.0. The van der Waals surface area contributed by atoms with Crippen LogP contribution < -0.4 is 0 Å². The summed E-state index contributed by atoms with van der Waals surface area (Å²) < 4.78 is 49.2. The quantitative estimate of drug-likeness (QED) is 0.164. The molecule has 0 N–H and O–H groups in total. The number of nitrogens with zero attached hydrogens (tertiary/aromatic N) is 3. The van der Waals surface area contributed by atoms with E-state index >= 15 is 0 Å². The lowest BCUT2D eigenvalue weighted by Crippen LogP contribution is -2.08. The summed E-state index contributed by atoms with van der Waals surface area (Å²) in [6.07, 6.45) is -4.58. The Morgan fingerprint density at radius 3 is 1.37 bits per heavy atom. The zero-order valence-corrected chi connectivity index (χ0v) is 37.7. The number of hydrogen-bond donors (Lipinski definition) is 0. The average molecular weight is 876 g/mol. The molecule has 0 amide bonds. The lowest BCUT2D eigenvalue weighted by molar-refractivity contribution is -0.137. The van der Waals surface area contributed by atoms with Gasteiger partial charge in [0.2, 0.25) is 0 Å². The fraction of sp³-hybridized carbons (Fsp3) is 0.0984. The van der Waals surface area contributed by atoms with E-state index in [0.29, 0.717) is 22.4 Å². The van der Waals surface area contributed by atoms with Crippen LogP contribution in [0.15, 0.2) is 176 Å². The van der Waals surface area contributed by atoms with E-state index in [0.717, 1.165) is 88.7 Å². The van der Waals surface area contributed by atoms with Gasteiger partial charge in [-0.2, -0.15) is 18.4 Å². The fourth-order valence-corrected chi connectivity index (χ4v) is 10.5. The maximum atomic E-state index is 14.9. The predicted molar refractivity (Wildman–Crippen MR) is 270 cm³/mol. The van der Waals surface area contributed by atoms with Crippen LogP contribution in [0.4, 0.5) is 13.2 Å². The largest absolute Gasteiger partial charge is 0.417 e. The molecule has 11 aromatic rings. The van der Waals surface area contributed by atoms with Gasteiger partial charge in [0.1, 0.15) is 0 Å². The van der Waals surface area contributed by atoms with Crippen LogP contribution in [0.2, 0.25) is 0 Å². The van der Waals surface area contributed by atoms with Crippen LogP contribution in [0.25, 0.3) is 99.5 Å². The normalized spacial score (nSPS) is 11.9. The van der Waals surface area contributed by atoms with E-state index in [4.69, 9.17) is 0 Å². The zero-order valence-electron chi connectivity index (χ0n) is 37.7. The highest BCUT2D eigenvalue weighted by molar-refractivity contribution is 6.13. The summed E-state index contributed by atoms with van der Waals surface area (Å²) in [5, 5.41) is 14.6. The number of halogens is 3. The topological polar surface area (TPSA) is 33.6 Å². The second-order valence-electron chi connectivity index (χ2n) is 18.0. The van der Waals surface area contributed by atoms with Gasteiger partial charge in [-0.25, -0.2) is 0 Å². The molecule has 0 aliphatic heterocycles. The van der Waals surface area contributed by atoms with Gasteiger partial charge in [-0.05, 0) is 134 Å². The average Bonchev–Trinajstić information content (AvgIpc) is 3.82. The van der Waals surface area contributed by atoms with E-state index in [-0.39, 0.29) is 5.56 Å².